The normalized spacial score (nSPS) is 13.1. The Balaban J connectivity index is 2.48. The van der Waals surface area contributed by atoms with Crippen LogP contribution in [-0.2, 0) is 6.42 Å². The summed E-state index contributed by atoms with van der Waals surface area (Å²) in [7, 11) is 0. The molecule has 0 aliphatic rings. The Hall–Kier alpha value is -1.92. The standard InChI is InChI=1S/C14H20F3N3O/c1-13(2,3)20-12(18)19-9-8-10-4-6-11(7-5-10)21-14(15,16)17/h4-7H,8-9H2,1-3H3,(H3,18,19,20). The average molecular weight is 303 g/mol. The van der Waals surface area contributed by atoms with Gasteiger partial charge in [-0.3, -0.25) is 4.99 Å². The number of nitrogens with zero attached hydrogens (tertiary/aromatic N) is 1. The summed E-state index contributed by atoms with van der Waals surface area (Å²) in [6.45, 7) is 6.35. The van der Waals surface area contributed by atoms with Gasteiger partial charge in [-0.05, 0) is 44.9 Å². The third-order valence-electron chi connectivity index (χ3n) is 2.34. The molecule has 0 saturated heterocycles. The van der Waals surface area contributed by atoms with E-state index in [1.54, 1.807) is 12.1 Å². The molecule has 3 N–H and O–H groups in total. The van der Waals surface area contributed by atoms with Gasteiger partial charge in [-0.2, -0.15) is 0 Å². The Kier molecular flexibility index (Phi) is 5.46. The maximum absolute atomic E-state index is 12.0. The Morgan fingerprint density at radius 1 is 1.19 bits per heavy atom. The van der Waals surface area contributed by atoms with Crippen LogP contribution < -0.4 is 15.8 Å². The lowest BCUT2D eigenvalue weighted by molar-refractivity contribution is -0.274. The molecule has 0 unspecified atom stereocenters. The zero-order valence-corrected chi connectivity index (χ0v) is 12.3. The third-order valence-corrected chi connectivity index (χ3v) is 2.34. The van der Waals surface area contributed by atoms with Gasteiger partial charge in [0, 0.05) is 12.1 Å². The fourth-order valence-electron chi connectivity index (χ4n) is 1.59. The average Bonchev–Trinajstić information content (AvgIpc) is 2.27. The summed E-state index contributed by atoms with van der Waals surface area (Å²) >= 11 is 0. The highest BCUT2D eigenvalue weighted by atomic mass is 19.4. The number of benzene rings is 1. The van der Waals surface area contributed by atoms with E-state index in [0.717, 1.165) is 5.56 Å². The lowest BCUT2D eigenvalue weighted by atomic mass is 10.1. The molecule has 7 heteroatoms. The van der Waals surface area contributed by atoms with Crippen molar-refractivity contribution in [2.75, 3.05) is 6.54 Å². The largest absolute Gasteiger partial charge is 0.573 e. The van der Waals surface area contributed by atoms with E-state index in [0.29, 0.717) is 18.9 Å². The van der Waals surface area contributed by atoms with E-state index in [1.165, 1.54) is 12.1 Å². The topological polar surface area (TPSA) is 59.6 Å². The van der Waals surface area contributed by atoms with Crippen LogP contribution in [0, 0.1) is 0 Å². The number of aliphatic imine (C=N–C) groups is 1. The first-order valence-corrected chi connectivity index (χ1v) is 6.48. The number of hydrogen-bond donors (Lipinski definition) is 2. The molecule has 1 aromatic carbocycles. The van der Waals surface area contributed by atoms with Crippen LogP contribution in [0.1, 0.15) is 26.3 Å². The van der Waals surface area contributed by atoms with Gasteiger partial charge >= 0.3 is 6.36 Å². The van der Waals surface area contributed by atoms with Gasteiger partial charge in [0.2, 0.25) is 0 Å². The van der Waals surface area contributed by atoms with Crippen molar-refractivity contribution in [3.63, 3.8) is 0 Å². The molecule has 0 heterocycles. The summed E-state index contributed by atoms with van der Waals surface area (Å²) in [4.78, 5) is 4.16. The minimum absolute atomic E-state index is 0.163. The highest BCUT2D eigenvalue weighted by Crippen LogP contribution is 2.22. The summed E-state index contributed by atoms with van der Waals surface area (Å²) < 4.78 is 39.8. The predicted molar refractivity (Wildman–Crippen MR) is 76.2 cm³/mol. The molecule has 0 radical (unpaired) electrons. The minimum atomic E-state index is -4.67. The molecule has 4 nitrogen and oxygen atoms in total. The van der Waals surface area contributed by atoms with Crippen LogP contribution in [0.25, 0.3) is 0 Å². The van der Waals surface area contributed by atoms with Crippen molar-refractivity contribution < 1.29 is 17.9 Å². The maximum Gasteiger partial charge on any atom is 0.573 e. The molecule has 0 saturated carbocycles. The van der Waals surface area contributed by atoms with E-state index in [-0.39, 0.29) is 11.3 Å². The molecule has 0 aromatic heterocycles. The number of ether oxygens (including phenoxy) is 1. The van der Waals surface area contributed by atoms with Gasteiger partial charge in [-0.15, -0.1) is 13.2 Å². The Morgan fingerprint density at radius 2 is 1.76 bits per heavy atom. The number of guanidine groups is 1. The van der Waals surface area contributed by atoms with Crippen molar-refractivity contribution in [2.45, 2.75) is 39.1 Å². The van der Waals surface area contributed by atoms with E-state index in [1.807, 2.05) is 20.8 Å². The van der Waals surface area contributed by atoms with Gasteiger partial charge in [0.25, 0.3) is 0 Å². The van der Waals surface area contributed by atoms with Crippen LogP contribution >= 0.6 is 0 Å². The molecule has 0 atom stereocenters. The summed E-state index contributed by atoms with van der Waals surface area (Å²) in [6, 6.07) is 5.71. The molecular weight excluding hydrogens is 283 g/mol. The van der Waals surface area contributed by atoms with Crippen LogP contribution in [0.5, 0.6) is 5.75 Å². The van der Waals surface area contributed by atoms with Crippen LogP contribution in [-0.4, -0.2) is 24.4 Å². The zero-order valence-electron chi connectivity index (χ0n) is 12.3. The molecule has 0 fully saturated rings. The van der Waals surface area contributed by atoms with Crippen LogP contribution in [0.2, 0.25) is 0 Å². The molecule has 0 bridgehead atoms. The molecule has 0 spiro atoms. The smallest absolute Gasteiger partial charge is 0.406 e. The molecule has 0 aliphatic heterocycles. The summed E-state index contributed by atoms with van der Waals surface area (Å²) in [5.41, 5.74) is 6.41. The van der Waals surface area contributed by atoms with Gasteiger partial charge in [0.05, 0.1) is 0 Å². The molecule has 1 aromatic rings. The highest BCUT2D eigenvalue weighted by molar-refractivity contribution is 5.78. The Morgan fingerprint density at radius 3 is 2.24 bits per heavy atom. The Labute approximate surface area is 122 Å². The molecule has 118 valence electrons. The molecule has 0 aliphatic carbocycles. The quantitative estimate of drug-likeness (QED) is 0.664. The van der Waals surface area contributed by atoms with E-state index in [2.05, 4.69) is 15.0 Å². The van der Waals surface area contributed by atoms with Crippen molar-refractivity contribution in [2.24, 2.45) is 10.7 Å². The number of alkyl halides is 3. The van der Waals surface area contributed by atoms with Crippen LogP contribution in [0.4, 0.5) is 13.2 Å². The van der Waals surface area contributed by atoms with Crippen molar-refractivity contribution in [1.82, 2.24) is 5.32 Å². The highest BCUT2D eigenvalue weighted by Gasteiger charge is 2.30. The van der Waals surface area contributed by atoms with E-state index in [9.17, 15) is 13.2 Å². The maximum atomic E-state index is 12.0. The van der Waals surface area contributed by atoms with Crippen molar-refractivity contribution in [3.8, 4) is 5.75 Å². The summed E-state index contributed by atoms with van der Waals surface area (Å²) in [5, 5.41) is 3.02. The second kappa shape index (κ2) is 6.69. The third kappa shape index (κ3) is 8.06. The number of nitrogens with two attached hydrogens (primary N) is 1. The SMILES string of the molecule is CC(C)(C)NC(N)=NCCc1ccc(OC(F)(F)F)cc1. The van der Waals surface area contributed by atoms with E-state index in [4.69, 9.17) is 5.73 Å². The predicted octanol–water partition coefficient (Wildman–Crippen LogP) is 2.83. The van der Waals surface area contributed by atoms with Crippen LogP contribution in [0.15, 0.2) is 29.3 Å². The van der Waals surface area contributed by atoms with E-state index >= 15 is 0 Å². The Bertz CT molecular complexity index is 476. The fraction of sp³-hybridized carbons (Fsp3) is 0.500. The number of hydrogen-bond acceptors (Lipinski definition) is 2. The number of rotatable bonds is 4. The first-order valence-electron chi connectivity index (χ1n) is 6.48. The molecule has 21 heavy (non-hydrogen) atoms. The zero-order chi connectivity index (χ0) is 16.1. The van der Waals surface area contributed by atoms with Crippen molar-refractivity contribution >= 4 is 5.96 Å². The van der Waals surface area contributed by atoms with Gasteiger partial charge < -0.3 is 15.8 Å². The molecular formula is C14H20F3N3O. The first kappa shape index (κ1) is 17.1. The van der Waals surface area contributed by atoms with E-state index < -0.39 is 6.36 Å². The van der Waals surface area contributed by atoms with Crippen LogP contribution in [0.3, 0.4) is 0 Å². The number of halogens is 3. The lowest BCUT2D eigenvalue weighted by Crippen LogP contribution is -2.45. The van der Waals surface area contributed by atoms with Gasteiger partial charge in [0.15, 0.2) is 5.96 Å². The second-order valence-corrected chi connectivity index (χ2v) is 5.58. The lowest BCUT2D eigenvalue weighted by Gasteiger charge is -2.20. The number of nitrogens with one attached hydrogen (secondary N) is 1. The monoisotopic (exact) mass is 303 g/mol. The molecule has 0 amide bonds. The minimum Gasteiger partial charge on any atom is -0.406 e. The fourth-order valence-corrected chi connectivity index (χ4v) is 1.59. The van der Waals surface area contributed by atoms with Crippen molar-refractivity contribution in [3.05, 3.63) is 29.8 Å². The van der Waals surface area contributed by atoms with Gasteiger partial charge in [-0.1, -0.05) is 12.1 Å². The summed E-state index contributed by atoms with van der Waals surface area (Å²) in [6.07, 6.45) is -4.09. The molecule has 1 rings (SSSR count). The van der Waals surface area contributed by atoms with Crippen molar-refractivity contribution in [1.29, 1.82) is 0 Å². The van der Waals surface area contributed by atoms with Gasteiger partial charge in [-0.25, -0.2) is 0 Å². The summed E-state index contributed by atoms with van der Waals surface area (Å²) in [5.74, 6) is 0.114. The van der Waals surface area contributed by atoms with Gasteiger partial charge in [0.1, 0.15) is 5.75 Å². The second-order valence-electron chi connectivity index (χ2n) is 5.58. The first-order chi connectivity index (χ1) is 9.55.